The first-order valence-electron chi connectivity index (χ1n) is 6.00. The molecule has 0 spiro atoms. The van der Waals surface area contributed by atoms with Crippen LogP contribution in [0.1, 0.15) is 46.0 Å². The molecule has 4 unspecified atom stereocenters. The van der Waals surface area contributed by atoms with Crippen molar-refractivity contribution >= 4 is 0 Å². The third-order valence-electron chi connectivity index (χ3n) is 4.31. The minimum atomic E-state index is 0.870. The lowest BCUT2D eigenvalue weighted by atomic mass is 9.73. The number of nitrogens with one attached hydrogen (secondary N) is 1. The molecule has 1 saturated heterocycles. The highest BCUT2D eigenvalue weighted by molar-refractivity contribution is 4.86. The molecule has 2 fully saturated rings. The van der Waals surface area contributed by atoms with Crippen molar-refractivity contribution in [3.63, 3.8) is 0 Å². The van der Waals surface area contributed by atoms with Gasteiger partial charge in [0.15, 0.2) is 0 Å². The molecule has 76 valence electrons. The molecule has 2 aliphatic rings. The van der Waals surface area contributed by atoms with Gasteiger partial charge in [0.1, 0.15) is 0 Å². The maximum atomic E-state index is 3.66. The zero-order valence-electron chi connectivity index (χ0n) is 9.05. The maximum absolute atomic E-state index is 3.66. The minimum absolute atomic E-state index is 0.870. The standard InChI is InChI=1S/C12H23N/c1-9-5-6-11(8-10(9)2)12-4-3-7-13-12/h9-13H,3-8H2,1-2H3. The molecule has 1 aliphatic carbocycles. The van der Waals surface area contributed by atoms with E-state index in [-0.39, 0.29) is 0 Å². The van der Waals surface area contributed by atoms with E-state index in [4.69, 9.17) is 0 Å². The van der Waals surface area contributed by atoms with Gasteiger partial charge in [0.25, 0.3) is 0 Å². The molecule has 0 aromatic carbocycles. The van der Waals surface area contributed by atoms with Crippen molar-refractivity contribution in [1.29, 1.82) is 0 Å². The van der Waals surface area contributed by atoms with Crippen molar-refractivity contribution in [3.05, 3.63) is 0 Å². The number of hydrogen-bond donors (Lipinski definition) is 1. The SMILES string of the molecule is CC1CCC(C2CCCN2)CC1C. The summed E-state index contributed by atoms with van der Waals surface area (Å²) >= 11 is 0. The van der Waals surface area contributed by atoms with Crippen molar-refractivity contribution < 1.29 is 0 Å². The van der Waals surface area contributed by atoms with Crippen LogP contribution in [0, 0.1) is 17.8 Å². The highest BCUT2D eigenvalue weighted by Crippen LogP contribution is 2.36. The lowest BCUT2D eigenvalue weighted by Gasteiger charge is -2.35. The Bertz CT molecular complexity index is 161. The van der Waals surface area contributed by atoms with Crippen LogP contribution in [0.3, 0.4) is 0 Å². The first kappa shape index (κ1) is 9.51. The summed E-state index contributed by atoms with van der Waals surface area (Å²) in [4.78, 5) is 0. The molecule has 0 aromatic heterocycles. The second-order valence-electron chi connectivity index (χ2n) is 5.23. The largest absolute Gasteiger partial charge is 0.314 e. The summed E-state index contributed by atoms with van der Waals surface area (Å²) in [6, 6.07) is 0.870. The van der Waals surface area contributed by atoms with Gasteiger partial charge in [-0.2, -0.15) is 0 Å². The molecule has 1 heteroatoms. The van der Waals surface area contributed by atoms with E-state index in [0.717, 1.165) is 23.8 Å². The van der Waals surface area contributed by atoms with Gasteiger partial charge in [0.2, 0.25) is 0 Å². The van der Waals surface area contributed by atoms with Crippen molar-refractivity contribution in [3.8, 4) is 0 Å². The smallest absolute Gasteiger partial charge is 0.00959 e. The van der Waals surface area contributed by atoms with E-state index >= 15 is 0 Å². The van der Waals surface area contributed by atoms with Crippen LogP contribution in [0.15, 0.2) is 0 Å². The molecule has 1 nitrogen and oxygen atoms in total. The van der Waals surface area contributed by atoms with Crippen LogP contribution >= 0.6 is 0 Å². The highest BCUT2D eigenvalue weighted by atomic mass is 14.9. The topological polar surface area (TPSA) is 12.0 Å². The first-order valence-corrected chi connectivity index (χ1v) is 6.00. The molecule has 1 N–H and O–H groups in total. The number of rotatable bonds is 1. The number of hydrogen-bond acceptors (Lipinski definition) is 1. The fraction of sp³-hybridized carbons (Fsp3) is 1.00. The van der Waals surface area contributed by atoms with Gasteiger partial charge in [0.05, 0.1) is 0 Å². The average molecular weight is 181 g/mol. The average Bonchev–Trinajstić information content (AvgIpc) is 2.62. The van der Waals surface area contributed by atoms with Crippen LogP contribution in [-0.4, -0.2) is 12.6 Å². The van der Waals surface area contributed by atoms with Crippen LogP contribution in [0.25, 0.3) is 0 Å². The van der Waals surface area contributed by atoms with E-state index in [9.17, 15) is 0 Å². The Kier molecular flexibility index (Phi) is 2.92. The molecule has 0 amide bonds. The van der Waals surface area contributed by atoms with E-state index in [1.54, 1.807) is 0 Å². The molecule has 1 heterocycles. The van der Waals surface area contributed by atoms with Gasteiger partial charge in [-0.15, -0.1) is 0 Å². The molecule has 2 rings (SSSR count). The lowest BCUT2D eigenvalue weighted by Crippen LogP contribution is -2.35. The Morgan fingerprint density at radius 3 is 2.46 bits per heavy atom. The van der Waals surface area contributed by atoms with E-state index < -0.39 is 0 Å². The third-order valence-corrected chi connectivity index (χ3v) is 4.31. The van der Waals surface area contributed by atoms with Crippen LogP contribution in [-0.2, 0) is 0 Å². The van der Waals surface area contributed by atoms with Crippen molar-refractivity contribution in [2.75, 3.05) is 6.54 Å². The summed E-state index contributed by atoms with van der Waals surface area (Å²) in [5.74, 6) is 2.92. The monoisotopic (exact) mass is 181 g/mol. The summed E-state index contributed by atoms with van der Waals surface area (Å²) < 4.78 is 0. The van der Waals surface area contributed by atoms with Gasteiger partial charge >= 0.3 is 0 Å². The minimum Gasteiger partial charge on any atom is -0.314 e. The Morgan fingerprint density at radius 2 is 1.85 bits per heavy atom. The van der Waals surface area contributed by atoms with Gasteiger partial charge in [-0.1, -0.05) is 20.3 Å². The Hall–Kier alpha value is -0.0400. The highest BCUT2D eigenvalue weighted by Gasteiger charge is 2.31. The predicted octanol–water partition coefficient (Wildman–Crippen LogP) is 2.81. The molecule has 1 saturated carbocycles. The molecular formula is C12H23N. The van der Waals surface area contributed by atoms with Crippen molar-refractivity contribution in [2.24, 2.45) is 17.8 Å². The third kappa shape index (κ3) is 2.07. The second-order valence-corrected chi connectivity index (χ2v) is 5.23. The predicted molar refractivity (Wildman–Crippen MR) is 56.7 cm³/mol. The Morgan fingerprint density at radius 1 is 1.00 bits per heavy atom. The van der Waals surface area contributed by atoms with E-state index in [1.807, 2.05) is 0 Å². The molecule has 0 bridgehead atoms. The lowest BCUT2D eigenvalue weighted by molar-refractivity contribution is 0.178. The molecular weight excluding hydrogens is 158 g/mol. The summed E-state index contributed by atoms with van der Waals surface area (Å²) in [5, 5.41) is 3.66. The van der Waals surface area contributed by atoms with E-state index in [2.05, 4.69) is 19.2 Å². The van der Waals surface area contributed by atoms with Crippen molar-refractivity contribution in [1.82, 2.24) is 5.32 Å². The van der Waals surface area contributed by atoms with Gasteiger partial charge < -0.3 is 5.32 Å². The Balaban J connectivity index is 1.87. The van der Waals surface area contributed by atoms with Gasteiger partial charge in [-0.25, -0.2) is 0 Å². The van der Waals surface area contributed by atoms with Crippen LogP contribution in [0.4, 0.5) is 0 Å². The zero-order valence-corrected chi connectivity index (χ0v) is 9.05. The quantitative estimate of drug-likeness (QED) is 0.656. The van der Waals surface area contributed by atoms with Crippen LogP contribution < -0.4 is 5.32 Å². The van der Waals surface area contributed by atoms with Gasteiger partial charge in [-0.3, -0.25) is 0 Å². The van der Waals surface area contributed by atoms with Crippen LogP contribution in [0.5, 0.6) is 0 Å². The fourth-order valence-electron chi connectivity index (χ4n) is 3.07. The second kappa shape index (κ2) is 4.00. The van der Waals surface area contributed by atoms with E-state index in [0.29, 0.717) is 0 Å². The maximum Gasteiger partial charge on any atom is 0.00959 e. The summed E-state index contributed by atoms with van der Waals surface area (Å²) in [6.07, 6.45) is 7.25. The van der Waals surface area contributed by atoms with Crippen molar-refractivity contribution in [2.45, 2.75) is 52.0 Å². The normalized spacial score (nSPS) is 46.6. The van der Waals surface area contributed by atoms with Crippen LogP contribution in [0.2, 0.25) is 0 Å². The summed E-state index contributed by atoms with van der Waals surface area (Å²) in [7, 11) is 0. The van der Waals surface area contributed by atoms with Gasteiger partial charge in [-0.05, 0) is 50.0 Å². The molecule has 1 aliphatic heterocycles. The van der Waals surface area contributed by atoms with E-state index in [1.165, 1.54) is 38.6 Å². The zero-order chi connectivity index (χ0) is 9.26. The molecule has 0 radical (unpaired) electrons. The fourth-order valence-corrected chi connectivity index (χ4v) is 3.07. The summed E-state index contributed by atoms with van der Waals surface area (Å²) in [5.41, 5.74) is 0. The molecule has 0 aromatic rings. The molecule has 13 heavy (non-hydrogen) atoms. The first-order chi connectivity index (χ1) is 6.27. The summed E-state index contributed by atoms with van der Waals surface area (Å²) in [6.45, 7) is 6.12. The molecule has 4 atom stereocenters. The Labute approximate surface area is 82.3 Å². The van der Waals surface area contributed by atoms with Gasteiger partial charge in [0, 0.05) is 6.04 Å².